The van der Waals surface area contributed by atoms with Crippen molar-refractivity contribution in [3.63, 3.8) is 0 Å². The highest BCUT2D eigenvalue weighted by Crippen LogP contribution is 2.42. The van der Waals surface area contributed by atoms with Gasteiger partial charge >= 0.3 is 0 Å². The van der Waals surface area contributed by atoms with Crippen LogP contribution in [0.15, 0.2) is 54.7 Å². The molecule has 37 heavy (non-hydrogen) atoms. The van der Waals surface area contributed by atoms with Gasteiger partial charge in [0.15, 0.2) is 0 Å². The number of rotatable bonds is 5. The van der Waals surface area contributed by atoms with Gasteiger partial charge in [-0.05, 0) is 55.6 Å². The molecule has 6 nitrogen and oxygen atoms in total. The fourth-order valence-electron chi connectivity index (χ4n) is 5.28. The predicted octanol–water partition coefficient (Wildman–Crippen LogP) is 6.62. The van der Waals surface area contributed by atoms with E-state index in [1.807, 2.05) is 32.0 Å². The minimum atomic E-state index is -0.343. The van der Waals surface area contributed by atoms with Crippen molar-refractivity contribution in [2.24, 2.45) is 0 Å². The van der Waals surface area contributed by atoms with Crippen LogP contribution in [0.4, 0.5) is 16.0 Å². The minimum Gasteiger partial charge on any atom is -0.496 e. The molecule has 0 aliphatic carbocycles. The molecule has 0 unspecified atom stereocenters. The molecular weight excluding hydrogens is 467 g/mol. The van der Waals surface area contributed by atoms with Crippen molar-refractivity contribution in [2.75, 3.05) is 32.1 Å². The first-order valence-corrected chi connectivity index (χ1v) is 13.1. The molecule has 2 aliphatic rings. The van der Waals surface area contributed by atoms with Gasteiger partial charge in [0.25, 0.3) is 0 Å². The predicted molar refractivity (Wildman–Crippen MR) is 147 cm³/mol. The topological polar surface area (TPSA) is 68.3 Å². The Morgan fingerprint density at radius 2 is 1.89 bits per heavy atom. The number of para-hydroxylation sites is 1. The lowest BCUT2D eigenvalue weighted by molar-refractivity contribution is 0.358. The first-order valence-electron chi connectivity index (χ1n) is 13.1. The SMILES string of the molecule is CC.COc1cc(F)ccc1-c1cccc2cnc(Nc3ccc(C4CCNCC4)c4c3OCC4)nc12. The highest BCUT2D eigenvalue weighted by Gasteiger charge is 2.26. The smallest absolute Gasteiger partial charge is 0.227 e. The summed E-state index contributed by atoms with van der Waals surface area (Å²) in [6.07, 6.45) is 5.04. The van der Waals surface area contributed by atoms with Crippen molar-refractivity contribution < 1.29 is 13.9 Å². The second-order valence-corrected chi connectivity index (χ2v) is 9.04. The normalized spacial score (nSPS) is 14.9. The number of aromatic nitrogens is 2. The van der Waals surface area contributed by atoms with Crippen molar-refractivity contribution in [3.8, 4) is 22.6 Å². The number of nitrogens with one attached hydrogen (secondary N) is 2. The average Bonchev–Trinajstić information content (AvgIpc) is 3.45. The lowest BCUT2D eigenvalue weighted by atomic mass is 9.86. The molecule has 3 aromatic carbocycles. The Balaban J connectivity index is 0.00000137. The highest BCUT2D eigenvalue weighted by atomic mass is 19.1. The Labute approximate surface area is 217 Å². The van der Waals surface area contributed by atoms with Crippen LogP contribution < -0.4 is 20.1 Å². The summed E-state index contributed by atoms with van der Waals surface area (Å²) in [6.45, 7) is 6.82. The molecule has 0 spiro atoms. The summed E-state index contributed by atoms with van der Waals surface area (Å²) in [4.78, 5) is 9.40. The molecule has 1 fully saturated rings. The van der Waals surface area contributed by atoms with E-state index in [2.05, 4.69) is 27.8 Å². The molecule has 7 heteroatoms. The molecule has 0 bridgehead atoms. The standard InChI is InChI=1S/C28H27FN4O2.C2H6/c1-34-25-15-19(29)5-6-21(25)22-4-2-3-18-16-31-28(33-26(18)22)32-24-8-7-20(17-9-12-30-13-10-17)23-11-14-35-27(23)24;1-2/h2-8,15-17,30H,9-14H2,1H3,(H,31,32,33);1-2H3. The van der Waals surface area contributed by atoms with Gasteiger partial charge in [-0.25, -0.2) is 14.4 Å². The molecule has 4 aromatic rings. The van der Waals surface area contributed by atoms with Crippen molar-refractivity contribution in [2.45, 2.75) is 39.0 Å². The van der Waals surface area contributed by atoms with Gasteiger partial charge < -0.3 is 20.1 Å². The highest BCUT2D eigenvalue weighted by molar-refractivity contribution is 5.95. The number of hydrogen-bond acceptors (Lipinski definition) is 6. The van der Waals surface area contributed by atoms with E-state index < -0.39 is 0 Å². The molecule has 2 aliphatic heterocycles. The number of anilines is 2. The van der Waals surface area contributed by atoms with E-state index in [0.717, 1.165) is 65.8 Å². The van der Waals surface area contributed by atoms with Crippen LogP contribution in [0.2, 0.25) is 0 Å². The number of halogens is 1. The van der Waals surface area contributed by atoms with E-state index in [1.165, 1.54) is 23.3 Å². The van der Waals surface area contributed by atoms with E-state index in [0.29, 0.717) is 24.2 Å². The van der Waals surface area contributed by atoms with Gasteiger partial charge in [-0.1, -0.05) is 38.1 Å². The molecule has 1 aromatic heterocycles. The van der Waals surface area contributed by atoms with Gasteiger partial charge in [0, 0.05) is 40.8 Å². The van der Waals surface area contributed by atoms with Crippen LogP contribution in [0, 0.1) is 5.82 Å². The van der Waals surface area contributed by atoms with Crippen LogP contribution in [0.3, 0.4) is 0 Å². The van der Waals surface area contributed by atoms with Crippen LogP contribution in [-0.2, 0) is 6.42 Å². The maximum absolute atomic E-state index is 13.8. The Bertz CT molecular complexity index is 1400. The van der Waals surface area contributed by atoms with E-state index in [9.17, 15) is 4.39 Å². The third kappa shape index (κ3) is 4.96. The molecule has 0 saturated carbocycles. The molecule has 0 radical (unpaired) electrons. The fraction of sp³-hybridized carbons (Fsp3) is 0.333. The lowest BCUT2D eigenvalue weighted by Crippen LogP contribution is -2.27. The number of methoxy groups -OCH3 is 1. The van der Waals surface area contributed by atoms with Crippen LogP contribution in [-0.4, -0.2) is 36.8 Å². The average molecular weight is 501 g/mol. The number of benzene rings is 3. The van der Waals surface area contributed by atoms with Gasteiger partial charge in [-0.2, -0.15) is 0 Å². The summed E-state index contributed by atoms with van der Waals surface area (Å²) < 4.78 is 25.3. The van der Waals surface area contributed by atoms with Gasteiger partial charge in [0.1, 0.15) is 17.3 Å². The molecular formula is C30H33FN4O2. The fourth-order valence-corrected chi connectivity index (χ4v) is 5.28. The van der Waals surface area contributed by atoms with Crippen LogP contribution in [0.5, 0.6) is 11.5 Å². The van der Waals surface area contributed by atoms with Crippen molar-refractivity contribution in [1.29, 1.82) is 0 Å². The molecule has 192 valence electrons. The Hall–Kier alpha value is -3.71. The summed E-state index contributed by atoms with van der Waals surface area (Å²) in [5.41, 5.74) is 5.99. The number of piperidine rings is 1. The second kappa shape index (κ2) is 11.1. The largest absolute Gasteiger partial charge is 0.496 e. The summed E-state index contributed by atoms with van der Waals surface area (Å²) in [7, 11) is 1.54. The van der Waals surface area contributed by atoms with E-state index >= 15 is 0 Å². The van der Waals surface area contributed by atoms with Crippen LogP contribution in [0.1, 0.15) is 43.7 Å². The monoisotopic (exact) mass is 500 g/mol. The van der Waals surface area contributed by atoms with Crippen LogP contribution in [0.25, 0.3) is 22.0 Å². The third-order valence-electron chi connectivity index (χ3n) is 6.99. The van der Waals surface area contributed by atoms with Crippen LogP contribution >= 0.6 is 0 Å². The lowest BCUT2D eigenvalue weighted by Gasteiger charge is -2.25. The third-order valence-corrected chi connectivity index (χ3v) is 6.99. The van der Waals surface area contributed by atoms with Gasteiger partial charge in [-0.15, -0.1) is 0 Å². The van der Waals surface area contributed by atoms with Crippen molar-refractivity contribution in [1.82, 2.24) is 15.3 Å². The number of fused-ring (bicyclic) bond motifs is 2. The molecule has 2 N–H and O–H groups in total. The molecule has 6 rings (SSSR count). The van der Waals surface area contributed by atoms with Gasteiger partial charge in [-0.3, -0.25) is 0 Å². The Kier molecular flexibility index (Phi) is 7.51. The first kappa shape index (κ1) is 25.0. The van der Waals surface area contributed by atoms with Gasteiger partial charge in [0.2, 0.25) is 5.95 Å². The van der Waals surface area contributed by atoms with Crippen molar-refractivity contribution >= 4 is 22.5 Å². The maximum Gasteiger partial charge on any atom is 0.227 e. The molecule has 1 saturated heterocycles. The summed E-state index contributed by atoms with van der Waals surface area (Å²) >= 11 is 0. The zero-order valence-electron chi connectivity index (χ0n) is 21.6. The minimum absolute atomic E-state index is 0.343. The summed E-state index contributed by atoms with van der Waals surface area (Å²) in [5.74, 6) is 2.09. The quantitative estimate of drug-likeness (QED) is 0.321. The van der Waals surface area contributed by atoms with E-state index in [1.54, 1.807) is 19.4 Å². The van der Waals surface area contributed by atoms with E-state index in [4.69, 9.17) is 14.5 Å². The maximum atomic E-state index is 13.8. The summed E-state index contributed by atoms with van der Waals surface area (Å²) in [6, 6.07) is 14.7. The number of nitrogens with zero attached hydrogens (tertiary/aromatic N) is 2. The molecule has 0 atom stereocenters. The van der Waals surface area contributed by atoms with Gasteiger partial charge in [0.05, 0.1) is 24.9 Å². The number of hydrogen-bond donors (Lipinski definition) is 2. The zero-order valence-corrected chi connectivity index (χ0v) is 21.6. The Morgan fingerprint density at radius 3 is 2.70 bits per heavy atom. The van der Waals surface area contributed by atoms with E-state index in [-0.39, 0.29) is 5.82 Å². The number of ether oxygens (including phenoxy) is 2. The molecule has 0 amide bonds. The second-order valence-electron chi connectivity index (χ2n) is 9.04. The molecule has 3 heterocycles. The first-order chi connectivity index (χ1) is 18.2. The zero-order chi connectivity index (χ0) is 25.8. The summed E-state index contributed by atoms with van der Waals surface area (Å²) in [5, 5.41) is 7.73. The van der Waals surface area contributed by atoms with Crippen molar-refractivity contribution in [3.05, 3.63) is 71.7 Å². The Morgan fingerprint density at radius 1 is 1.05 bits per heavy atom.